The van der Waals surface area contributed by atoms with Gasteiger partial charge in [-0.05, 0) is 34.3 Å². The van der Waals surface area contributed by atoms with E-state index in [1.165, 1.54) is 6.07 Å². The Bertz CT molecular complexity index is 379. The third kappa shape index (κ3) is 4.20. The van der Waals surface area contributed by atoms with Crippen molar-refractivity contribution in [3.05, 3.63) is 39.9 Å². The van der Waals surface area contributed by atoms with E-state index in [9.17, 15) is 14.9 Å². The minimum atomic E-state index is -0.418. The molecule has 0 atom stereocenters. The quantitative estimate of drug-likeness (QED) is 0.470. The molecule has 0 aliphatic rings. The summed E-state index contributed by atoms with van der Waals surface area (Å²) in [5, 5.41) is 10.5. The van der Waals surface area contributed by atoms with Crippen molar-refractivity contribution in [1.82, 2.24) is 0 Å². The van der Waals surface area contributed by atoms with Gasteiger partial charge in [-0.3, -0.25) is 14.9 Å². The number of aryl methyl sites for hydroxylation is 1. The minimum Gasteiger partial charge on any atom is -0.287 e. The summed E-state index contributed by atoms with van der Waals surface area (Å²) in [6, 6.07) is 6.48. The van der Waals surface area contributed by atoms with Crippen molar-refractivity contribution in [2.75, 3.05) is 0 Å². The molecule has 0 aliphatic carbocycles. The molecule has 80 valence electrons. The predicted octanol–water partition coefficient (Wildman–Crippen LogP) is 2.84. The van der Waals surface area contributed by atoms with Crippen LogP contribution in [0.15, 0.2) is 24.3 Å². The molecule has 0 aromatic heterocycles. The maximum atomic E-state index is 10.6. The van der Waals surface area contributed by atoms with Crippen LogP contribution in [0.1, 0.15) is 18.4 Å². The molecule has 0 aliphatic heterocycles. The van der Waals surface area contributed by atoms with Gasteiger partial charge in [-0.1, -0.05) is 12.1 Å². The molecule has 0 saturated carbocycles. The van der Waals surface area contributed by atoms with Gasteiger partial charge in [0, 0.05) is 18.6 Å². The number of nitro benzene ring substituents is 1. The van der Waals surface area contributed by atoms with Crippen LogP contribution < -0.4 is 0 Å². The normalized spacial score (nSPS) is 9.93. The number of carbonyl (C=O) groups is 1. The van der Waals surface area contributed by atoms with Gasteiger partial charge in [-0.25, -0.2) is 0 Å². The average Bonchev–Trinajstić information content (AvgIpc) is 2.17. The highest BCUT2D eigenvalue weighted by Gasteiger charge is 2.05. The molecule has 0 heterocycles. The predicted molar refractivity (Wildman–Crippen MR) is 60.0 cm³/mol. The second kappa shape index (κ2) is 5.60. The smallest absolute Gasteiger partial charge is 0.269 e. The molecule has 0 bridgehead atoms. The van der Waals surface area contributed by atoms with Crippen molar-refractivity contribution >= 4 is 26.3 Å². The van der Waals surface area contributed by atoms with Gasteiger partial charge in [0.25, 0.3) is 5.69 Å². The molecule has 15 heavy (non-hydrogen) atoms. The molecule has 0 spiro atoms. The summed E-state index contributed by atoms with van der Waals surface area (Å²) in [7, 11) is 0. The first kappa shape index (κ1) is 11.8. The Balaban J connectivity index is 2.58. The van der Waals surface area contributed by atoms with E-state index >= 15 is 0 Å². The standard InChI is InChI=1S/C10H10BrNO3/c11-10(13)6-2-4-8-3-1-5-9(7-8)12(14)15/h1,3,5,7H,2,4,6H2. The molecule has 0 unspecified atom stereocenters. The van der Waals surface area contributed by atoms with Crippen LogP contribution in [0.2, 0.25) is 0 Å². The molecule has 1 aromatic rings. The maximum Gasteiger partial charge on any atom is 0.269 e. The van der Waals surface area contributed by atoms with Crippen LogP contribution in [0.25, 0.3) is 0 Å². The van der Waals surface area contributed by atoms with E-state index in [1.54, 1.807) is 12.1 Å². The van der Waals surface area contributed by atoms with Crippen LogP contribution in [-0.2, 0) is 11.2 Å². The van der Waals surface area contributed by atoms with E-state index in [2.05, 4.69) is 15.9 Å². The van der Waals surface area contributed by atoms with Gasteiger partial charge >= 0.3 is 0 Å². The largest absolute Gasteiger partial charge is 0.287 e. The van der Waals surface area contributed by atoms with Crippen molar-refractivity contribution in [3.8, 4) is 0 Å². The number of nitrogens with zero attached hydrogens (tertiary/aromatic N) is 1. The summed E-state index contributed by atoms with van der Waals surface area (Å²) < 4.78 is -0.0343. The molecular formula is C10H10BrNO3. The Hall–Kier alpha value is -1.23. The van der Waals surface area contributed by atoms with Crippen molar-refractivity contribution in [2.24, 2.45) is 0 Å². The molecule has 5 heteroatoms. The molecule has 0 amide bonds. The summed E-state index contributed by atoms with van der Waals surface area (Å²) in [6.45, 7) is 0. The second-order valence-corrected chi connectivity index (χ2v) is 4.02. The number of nitro groups is 1. The second-order valence-electron chi connectivity index (χ2n) is 3.14. The lowest BCUT2D eigenvalue weighted by Crippen LogP contribution is -1.92. The first-order chi connectivity index (χ1) is 7.09. The molecule has 4 nitrogen and oxygen atoms in total. The van der Waals surface area contributed by atoms with Gasteiger partial charge in [-0.2, -0.15) is 0 Å². The first-order valence-corrected chi connectivity index (χ1v) is 5.30. The van der Waals surface area contributed by atoms with Gasteiger partial charge in [-0.15, -0.1) is 0 Å². The number of halogens is 1. The van der Waals surface area contributed by atoms with E-state index in [4.69, 9.17) is 0 Å². The third-order valence-electron chi connectivity index (χ3n) is 1.96. The Kier molecular flexibility index (Phi) is 4.42. The van der Waals surface area contributed by atoms with Crippen LogP contribution in [0.4, 0.5) is 5.69 Å². The zero-order valence-electron chi connectivity index (χ0n) is 7.98. The fraction of sp³-hybridized carbons (Fsp3) is 0.300. The highest BCUT2D eigenvalue weighted by molar-refractivity contribution is 9.18. The van der Waals surface area contributed by atoms with Gasteiger partial charge in [0.15, 0.2) is 4.69 Å². The van der Waals surface area contributed by atoms with E-state index in [-0.39, 0.29) is 10.4 Å². The van der Waals surface area contributed by atoms with Crippen LogP contribution in [0, 0.1) is 10.1 Å². The fourth-order valence-corrected chi connectivity index (χ4v) is 1.54. The summed E-state index contributed by atoms with van der Waals surface area (Å²) in [5.74, 6) is 0. The Morgan fingerprint density at radius 2 is 2.20 bits per heavy atom. The lowest BCUT2D eigenvalue weighted by atomic mass is 10.1. The molecule has 1 aromatic carbocycles. The van der Waals surface area contributed by atoms with E-state index in [0.29, 0.717) is 19.3 Å². The number of carbonyl (C=O) groups excluding carboxylic acids is 1. The number of benzene rings is 1. The van der Waals surface area contributed by atoms with Gasteiger partial charge in [0.05, 0.1) is 4.92 Å². The molecule has 1 rings (SSSR count). The fourth-order valence-electron chi connectivity index (χ4n) is 1.26. The highest BCUT2D eigenvalue weighted by atomic mass is 79.9. The lowest BCUT2D eigenvalue weighted by molar-refractivity contribution is -0.384. The minimum absolute atomic E-state index is 0.0343. The van der Waals surface area contributed by atoms with Crippen molar-refractivity contribution < 1.29 is 9.72 Å². The van der Waals surface area contributed by atoms with Gasteiger partial charge in [0.1, 0.15) is 0 Å². The lowest BCUT2D eigenvalue weighted by Gasteiger charge is -1.99. The number of hydrogen-bond acceptors (Lipinski definition) is 3. The van der Waals surface area contributed by atoms with E-state index in [0.717, 1.165) is 5.56 Å². The van der Waals surface area contributed by atoms with Crippen LogP contribution >= 0.6 is 15.9 Å². The first-order valence-electron chi connectivity index (χ1n) is 4.51. The van der Waals surface area contributed by atoms with Crippen LogP contribution in [-0.4, -0.2) is 9.62 Å². The summed E-state index contributed by atoms with van der Waals surface area (Å²) in [5.41, 5.74) is 0.982. The summed E-state index contributed by atoms with van der Waals surface area (Å²) in [6.07, 6.45) is 1.83. The monoisotopic (exact) mass is 271 g/mol. The van der Waals surface area contributed by atoms with Crippen molar-refractivity contribution in [3.63, 3.8) is 0 Å². The van der Waals surface area contributed by atoms with Crippen LogP contribution in [0.3, 0.4) is 0 Å². The van der Waals surface area contributed by atoms with Crippen molar-refractivity contribution in [2.45, 2.75) is 19.3 Å². The number of rotatable bonds is 5. The molecule has 0 N–H and O–H groups in total. The Morgan fingerprint density at radius 3 is 2.80 bits per heavy atom. The van der Waals surface area contributed by atoms with Gasteiger partial charge in [0.2, 0.25) is 0 Å². The number of hydrogen-bond donors (Lipinski definition) is 0. The number of non-ortho nitro benzene ring substituents is 1. The zero-order chi connectivity index (χ0) is 11.3. The molecule has 0 fully saturated rings. The van der Waals surface area contributed by atoms with Crippen molar-refractivity contribution in [1.29, 1.82) is 0 Å². The Morgan fingerprint density at radius 1 is 1.47 bits per heavy atom. The van der Waals surface area contributed by atoms with E-state index in [1.807, 2.05) is 6.07 Å². The SMILES string of the molecule is O=C(Br)CCCc1cccc([N+](=O)[O-])c1. The summed E-state index contributed by atoms with van der Waals surface area (Å²) in [4.78, 5) is 20.7. The third-order valence-corrected chi connectivity index (χ3v) is 2.36. The molecule has 0 saturated heterocycles. The summed E-state index contributed by atoms with van der Waals surface area (Å²) >= 11 is 2.84. The maximum absolute atomic E-state index is 10.6. The average molecular weight is 272 g/mol. The molecular weight excluding hydrogens is 262 g/mol. The topological polar surface area (TPSA) is 60.2 Å². The zero-order valence-corrected chi connectivity index (χ0v) is 9.57. The van der Waals surface area contributed by atoms with Gasteiger partial charge < -0.3 is 0 Å². The molecule has 0 radical (unpaired) electrons. The van der Waals surface area contributed by atoms with Crippen LogP contribution in [0.5, 0.6) is 0 Å². The highest BCUT2D eigenvalue weighted by Crippen LogP contribution is 2.15. The Labute approximate surface area is 95.6 Å². The van der Waals surface area contributed by atoms with E-state index < -0.39 is 4.92 Å².